The zero-order valence-electron chi connectivity index (χ0n) is 14.5. The maximum atomic E-state index is 12.4. The lowest BCUT2D eigenvalue weighted by Crippen LogP contribution is -2.19. The Morgan fingerprint density at radius 1 is 1.28 bits per heavy atom. The van der Waals surface area contributed by atoms with Crippen molar-refractivity contribution in [3.8, 4) is 22.4 Å². The molecule has 1 N–H and O–H groups in total. The molecule has 0 atom stereocenters. The van der Waals surface area contributed by atoms with Gasteiger partial charge in [0.1, 0.15) is 21.7 Å². The van der Waals surface area contributed by atoms with E-state index in [9.17, 15) is 18.0 Å². The lowest BCUT2D eigenvalue weighted by Gasteiger charge is -2.11. The number of carbonyl (C=O) groups is 1. The molecule has 0 spiro atoms. The second kappa shape index (κ2) is 8.51. The topological polar surface area (TPSA) is 75.0 Å². The first-order chi connectivity index (χ1) is 13.8. The molecular formula is C19H11ClF3N3O2S. The van der Waals surface area contributed by atoms with Crippen molar-refractivity contribution < 1.29 is 22.7 Å². The number of hydrogen-bond acceptors (Lipinski definition) is 5. The van der Waals surface area contributed by atoms with Crippen molar-refractivity contribution in [3.05, 3.63) is 64.1 Å². The highest BCUT2D eigenvalue weighted by Gasteiger charge is 2.29. The van der Waals surface area contributed by atoms with Crippen LogP contribution >= 0.6 is 22.9 Å². The van der Waals surface area contributed by atoms with Gasteiger partial charge in [0.15, 0.2) is 6.61 Å². The highest BCUT2D eigenvalue weighted by atomic mass is 35.5. The van der Waals surface area contributed by atoms with E-state index in [2.05, 4.69) is 15.0 Å². The van der Waals surface area contributed by atoms with Gasteiger partial charge >= 0.3 is 6.18 Å². The predicted octanol–water partition coefficient (Wildman–Crippen LogP) is 5.53. The molecule has 0 aliphatic rings. The van der Waals surface area contributed by atoms with Crippen LogP contribution in [-0.2, 0) is 0 Å². The Morgan fingerprint density at radius 3 is 2.72 bits per heavy atom. The number of carbonyl (C=O) groups excluding carboxylic acids is 1. The van der Waals surface area contributed by atoms with Crippen molar-refractivity contribution in [2.45, 2.75) is 6.18 Å². The van der Waals surface area contributed by atoms with E-state index < -0.39 is 18.7 Å². The number of benzene rings is 2. The number of ether oxygens (including phenoxy) is 1. The molecule has 0 radical (unpaired) electrons. The Balaban J connectivity index is 1.74. The number of rotatable bonds is 5. The first kappa shape index (κ1) is 20.6. The molecule has 3 rings (SSSR count). The third kappa shape index (κ3) is 5.25. The number of nitriles is 1. The van der Waals surface area contributed by atoms with Gasteiger partial charge in [0.05, 0.1) is 16.8 Å². The molecule has 0 saturated carbocycles. The fourth-order valence-electron chi connectivity index (χ4n) is 2.31. The van der Waals surface area contributed by atoms with Crippen molar-refractivity contribution in [2.24, 2.45) is 0 Å². The predicted molar refractivity (Wildman–Crippen MR) is 103 cm³/mol. The molecule has 1 heterocycles. The molecule has 0 aliphatic heterocycles. The minimum atomic E-state index is -4.52. The van der Waals surface area contributed by atoms with E-state index in [-0.39, 0.29) is 17.0 Å². The van der Waals surface area contributed by atoms with Crippen LogP contribution in [0.15, 0.2) is 48.7 Å². The number of amides is 1. The lowest BCUT2D eigenvalue weighted by atomic mass is 10.2. The summed E-state index contributed by atoms with van der Waals surface area (Å²) < 4.78 is 41.5. The Labute approximate surface area is 172 Å². The first-order valence-corrected chi connectivity index (χ1v) is 9.22. The summed E-state index contributed by atoms with van der Waals surface area (Å²) in [4.78, 5) is 16.9. The maximum Gasteiger partial charge on any atom is 0.422 e. The van der Waals surface area contributed by atoms with Crippen LogP contribution in [0.1, 0.15) is 15.2 Å². The van der Waals surface area contributed by atoms with E-state index in [0.717, 1.165) is 11.3 Å². The summed E-state index contributed by atoms with van der Waals surface area (Å²) in [6.45, 7) is -1.51. The number of aromatic nitrogens is 1. The van der Waals surface area contributed by atoms with Crippen LogP contribution in [0.25, 0.3) is 10.6 Å². The summed E-state index contributed by atoms with van der Waals surface area (Å²) in [6, 6.07) is 12.6. The molecule has 0 fully saturated rings. The van der Waals surface area contributed by atoms with Gasteiger partial charge < -0.3 is 10.1 Å². The Bertz CT molecular complexity index is 1090. The van der Waals surface area contributed by atoms with E-state index in [1.54, 1.807) is 30.3 Å². The molecule has 3 aromatic rings. The number of halogens is 4. The summed E-state index contributed by atoms with van der Waals surface area (Å²) in [7, 11) is 0. The normalized spacial score (nSPS) is 11.0. The first-order valence-electron chi connectivity index (χ1n) is 8.02. The standard InChI is InChI=1S/C19H11ClF3N3O2S/c20-14-4-2-1-3-13(14)18-25-9-16(29-18)17(27)26-12-5-6-15(11(7-12)8-24)28-10-19(21,22)23/h1-7,9H,10H2,(H,26,27). The molecule has 10 heteroatoms. The molecule has 148 valence electrons. The van der Waals surface area contributed by atoms with Crippen LogP contribution in [0, 0.1) is 11.3 Å². The van der Waals surface area contributed by atoms with Crippen molar-refractivity contribution in [1.29, 1.82) is 5.26 Å². The average molecular weight is 438 g/mol. The van der Waals surface area contributed by atoms with Gasteiger partial charge in [-0.3, -0.25) is 4.79 Å². The van der Waals surface area contributed by atoms with Crippen LogP contribution in [0.3, 0.4) is 0 Å². The maximum absolute atomic E-state index is 12.4. The van der Waals surface area contributed by atoms with Crippen molar-refractivity contribution in [3.63, 3.8) is 0 Å². The van der Waals surface area contributed by atoms with Gasteiger partial charge in [0, 0.05) is 11.3 Å². The van der Waals surface area contributed by atoms with Gasteiger partial charge in [0.2, 0.25) is 0 Å². The molecule has 0 saturated heterocycles. The Hall–Kier alpha value is -3.09. The molecule has 1 aromatic heterocycles. The number of anilines is 1. The largest absolute Gasteiger partial charge is 0.483 e. The van der Waals surface area contributed by atoms with Gasteiger partial charge in [-0.2, -0.15) is 18.4 Å². The van der Waals surface area contributed by atoms with Crippen LogP contribution in [0.2, 0.25) is 5.02 Å². The van der Waals surface area contributed by atoms with Crippen molar-refractivity contribution >= 4 is 34.5 Å². The minimum Gasteiger partial charge on any atom is -0.483 e. The molecule has 1 amide bonds. The molecule has 2 aromatic carbocycles. The Kier molecular flexibility index (Phi) is 6.06. The van der Waals surface area contributed by atoms with E-state index in [0.29, 0.717) is 20.5 Å². The fraction of sp³-hybridized carbons (Fsp3) is 0.105. The molecule has 29 heavy (non-hydrogen) atoms. The molecule has 5 nitrogen and oxygen atoms in total. The third-order valence-electron chi connectivity index (χ3n) is 3.58. The minimum absolute atomic E-state index is 0.131. The van der Waals surface area contributed by atoms with Crippen LogP contribution < -0.4 is 10.1 Å². The highest BCUT2D eigenvalue weighted by Crippen LogP contribution is 2.31. The number of hydrogen-bond donors (Lipinski definition) is 1. The summed E-state index contributed by atoms with van der Waals surface area (Å²) >= 11 is 7.26. The monoisotopic (exact) mass is 437 g/mol. The summed E-state index contributed by atoms with van der Waals surface area (Å²) in [5.74, 6) is -0.699. The SMILES string of the molecule is N#Cc1cc(NC(=O)c2cnc(-c3ccccc3Cl)s2)ccc1OCC(F)(F)F. The quantitative estimate of drug-likeness (QED) is 0.569. The zero-order chi connectivity index (χ0) is 21.0. The van der Waals surface area contributed by atoms with E-state index in [1.165, 1.54) is 24.4 Å². The molecular weight excluding hydrogens is 427 g/mol. The van der Waals surface area contributed by atoms with Crippen LogP contribution in [0.4, 0.5) is 18.9 Å². The molecule has 0 bridgehead atoms. The van der Waals surface area contributed by atoms with Crippen molar-refractivity contribution in [2.75, 3.05) is 11.9 Å². The number of nitrogens with zero attached hydrogens (tertiary/aromatic N) is 2. The van der Waals surface area contributed by atoms with Crippen LogP contribution in [-0.4, -0.2) is 23.7 Å². The van der Waals surface area contributed by atoms with Gasteiger partial charge in [-0.25, -0.2) is 4.98 Å². The second-order valence-electron chi connectivity index (χ2n) is 5.69. The van der Waals surface area contributed by atoms with E-state index in [4.69, 9.17) is 16.9 Å². The highest BCUT2D eigenvalue weighted by molar-refractivity contribution is 7.17. The molecule has 0 aliphatic carbocycles. The van der Waals surface area contributed by atoms with Gasteiger partial charge in [-0.15, -0.1) is 11.3 Å². The van der Waals surface area contributed by atoms with Gasteiger partial charge in [-0.05, 0) is 24.3 Å². The lowest BCUT2D eigenvalue weighted by molar-refractivity contribution is -0.153. The number of nitrogens with one attached hydrogen (secondary N) is 1. The van der Waals surface area contributed by atoms with E-state index >= 15 is 0 Å². The second-order valence-corrected chi connectivity index (χ2v) is 7.13. The average Bonchev–Trinajstić information content (AvgIpc) is 3.16. The van der Waals surface area contributed by atoms with Crippen molar-refractivity contribution in [1.82, 2.24) is 4.98 Å². The summed E-state index contributed by atoms with van der Waals surface area (Å²) in [6.07, 6.45) is -3.13. The molecule has 0 unspecified atom stereocenters. The number of thiazole rings is 1. The van der Waals surface area contributed by atoms with Crippen LogP contribution in [0.5, 0.6) is 5.75 Å². The fourth-order valence-corrected chi connectivity index (χ4v) is 3.44. The summed E-state index contributed by atoms with van der Waals surface area (Å²) in [5, 5.41) is 12.8. The zero-order valence-corrected chi connectivity index (χ0v) is 16.0. The van der Waals surface area contributed by atoms with Gasteiger partial charge in [-0.1, -0.05) is 29.8 Å². The third-order valence-corrected chi connectivity index (χ3v) is 4.94. The Morgan fingerprint density at radius 2 is 2.03 bits per heavy atom. The summed E-state index contributed by atoms with van der Waals surface area (Å²) in [5.41, 5.74) is 0.794. The van der Waals surface area contributed by atoms with E-state index in [1.807, 2.05) is 0 Å². The number of alkyl halides is 3. The smallest absolute Gasteiger partial charge is 0.422 e. The van der Waals surface area contributed by atoms with Gasteiger partial charge in [0.25, 0.3) is 5.91 Å².